The predicted octanol–water partition coefficient (Wildman–Crippen LogP) is 3.12. The number of alkyl halides is 1. The molecule has 0 heterocycles. The van der Waals surface area contributed by atoms with Crippen molar-refractivity contribution in [3.05, 3.63) is 0 Å². The van der Waals surface area contributed by atoms with E-state index in [1.54, 1.807) is 0 Å². The number of hydrogen-bond acceptors (Lipinski definition) is 0. The van der Waals surface area contributed by atoms with E-state index in [0.29, 0.717) is 0 Å². The summed E-state index contributed by atoms with van der Waals surface area (Å²) in [6, 6.07) is 0. The van der Waals surface area contributed by atoms with Gasteiger partial charge in [-0.2, -0.15) is 0 Å². The fourth-order valence-corrected chi connectivity index (χ4v) is 3.10. The summed E-state index contributed by atoms with van der Waals surface area (Å²) in [5, 5.41) is 0. The van der Waals surface area contributed by atoms with Crippen LogP contribution in [-0.2, 0) is 0 Å². The Bertz CT molecular complexity index is 190. The van der Waals surface area contributed by atoms with E-state index in [2.05, 4.69) is 36.8 Å². The molecule has 1 nitrogen and oxygen atoms in total. The Hall–Kier alpha value is 0.730. The first-order valence-electron chi connectivity index (χ1n) is 8.58. The maximum atomic E-state index is 3.72. The highest BCUT2D eigenvalue weighted by atomic mass is 79.9. The van der Waals surface area contributed by atoms with Gasteiger partial charge >= 0.3 is 0 Å². The summed E-state index contributed by atoms with van der Waals surface area (Å²) in [4.78, 5) is 0. The first kappa shape index (κ1) is 23.0. The highest BCUT2D eigenvalue weighted by molar-refractivity contribution is 9.09. The molecule has 1 atom stereocenters. The molecule has 0 saturated heterocycles. The second-order valence-electron chi connectivity index (χ2n) is 6.37. The van der Waals surface area contributed by atoms with Gasteiger partial charge in [-0.25, -0.2) is 0 Å². The molecule has 0 radical (unpaired) electrons. The summed E-state index contributed by atoms with van der Waals surface area (Å²) < 4.78 is 1.22. The highest BCUT2D eigenvalue weighted by Crippen LogP contribution is 2.14. The molecule has 0 aromatic carbocycles. The first-order valence-corrected chi connectivity index (χ1v) is 9.70. The number of unbranched alkanes of at least 4 members (excludes halogenated alkanes) is 9. The Kier molecular flexibility index (Phi) is 18.5. The summed E-state index contributed by atoms with van der Waals surface area (Å²) in [5.74, 6) is 0. The van der Waals surface area contributed by atoms with Crippen LogP contribution in [0.2, 0.25) is 0 Å². The molecule has 0 bridgehead atoms. The van der Waals surface area contributed by atoms with Crippen molar-refractivity contribution in [1.82, 2.24) is 0 Å². The lowest BCUT2D eigenvalue weighted by Crippen LogP contribution is -3.00. The Morgan fingerprint density at radius 2 is 1.00 bits per heavy atom. The molecular weight excluding hydrogens is 334 g/mol. The van der Waals surface area contributed by atoms with Crippen LogP contribution in [0.15, 0.2) is 0 Å². The Morgan fingerprint density at radius 1 is 0.650 bits per heavy atom. The molecule has 0 fully saturated rings. The third-order valence-electron chi connectivity index (χ3n) is 4.14. The van der Waals surface area contributed by atoms with Crippen molar-refractivity contribution in [2.24, 2.45) is 0 Å². The van der Waals surface area contributed by atoms with Gasteiger partial charge in [0.25, 0.3) is 0 Å². The van der Waals surface area contributed by atoms with Gasteiger partial charge in [-0.1, -0.05) is 58.8 Å². The third kappa shape index (κ3) is 13.7. The van der Waals surface area contributed by atoms with Crippen molar-refractivity contribution in [2.45, 2.75) is 84.5 Å². The van der Waals surface area contributed by atoms with E-state index in [9.17, 15) is 0 Å². The molecule has 0 spiro atoms. The zero-order valence-electron chi connectivity index (χ0n) is 14.1. The SMILES string of the molecule is CCCCCCCC[N+](C)(CBr)CCCCCCC.[Cl-]. The molecule has 0 aliphatic carbocycles. The number of nitrogens with zero attached hydrogens (tertiary/aromatic N) is 1. The highest BCUT2D eigenvalue weighted by Gasteiger charge is 2.18. The quantitative estimate of drug-likeness (QED) is 0.191. The lowest BCUT2D eigenvalue weighted by Gasteiger charge is -2.32. The predicted molar refractivity (Wildman–Crippen MR) is 91.8 cm³/mol. The Balaban J connectivity index is 0. The topological polar surface area (TPSA) is 0 Å². The van der Waals surface area contributed by atoms with E-state index in [0.717, 1.165) is 5.45 Å². The lowest BCUT2D eigenvalue weighted by molar-refractivity contribution is -0.896. The van der Waals surface area contributed by atoms with E-state index in [-0.39, 0.29) is 12.4 Å². The summed E-state index contributed by atoms with van der Waals surface area (Å²) in [5.41, 5.74) is 1.12. The molecule has 20 heavy (non-hydrogen) atoms. The minimum Gasteiger partial charge on any atom is -1.00 e. The molecule has 0 aromatic heterocycles. The average molecular weight is 371 g/mol. The molecule has 1 unspecified atom stereocenters. The minimum absolute atomic E-state index is 0. The fourth-order valence-electron chi connectivity index (χ4n) is 2.60. The number of hydrogen-bond donors (Lipinski definition) is 0. The number of halogens is 2. The van der Waals surface area contributed by atoms with Gasteiger partial charge in [0.05, 0.1) is 20.1 Å². The van der Waals surface area contributed by atoms with Gasteiger partial charge in [0.15, 0.2) is 0 Å². The van der Waals surface area contributed by atoms with E-state index in [4.69, 9.17) is 0 Å². The second kappa shape index (κ2) is 16.1. The van der Waals surface area contributed by atoms with Crippen molar-refractivity contribution < 1.29 is 16.9 Å². The second-order valence-corrected chi connectivity index (χ2v) is 6.87. The molecule has 0 aliphatic heterocycles. The summed E-state index contributed by atoms with van der Waals surface area (Å²) in [6.07, 6.45) is 15.5. The molecule has 0 amide bonds. The van der Waals surface area contributed by atoms with E-state index >= 15 is 0 Å². The van der Waals surface area contributed by atoms with Gasteiger partial charge in [0.2, 0.25) is 0 Å². The molecule has 0 saturated carbocycles. The van der Waals surface area contributed by atoms with E-state index < -0.39 is 0 Å². The first-order chi connectivity index (χ1) is 9.18. The normalized spacial score (nSPS) is 13.8. The van der Waals surface area contributed by atoms with Crippen LogP contribution < -0.4 is 12.4 Å². The average Bonchev–Trinajstić information content (AvgIpc) is 2.42. The standard InChI is InChI=1S/C17H37BrN.ClH/c1-4-6-8-10-12-14-16-19(3,17-18)15-13-11-9-7-5-2;/h4-17H2,1-3H3;1H/q+1;/p-1. The minimum atomic E-state index is 0. The van der Waals surface area contributed by atoms with Crippen molar-refractivity contribution in [2.75, 3.05) is 25.6 Å². The van der Waals surface area contributed by atoms with Crippen LogP contribution in [0.3, 0.4) is 0 Å². The van der Waals surface area contributed by atoms with E-state index in [1.165, 1.54) is 88.2 Å². The van der Waals surface area contributed by atoms with Crippen molar-refractivity contribution >= 4 is 15.9 Å². The molecule has 3 heteroatoms. The maximum absolute atomic E-state index is 3.72. The van der Waals surface area contributed by atoms with Crippen LogP contribution in [0, 0.1) is 0 Å². The van der Waals surface area contributed by atoms with Crippen LogP contribution in [0.5, 0.6) is 0 Å². The van der Waals surface area contributed by atoms with Gasteiger partial charge in [0, 0.05) is 0 Å². The monoisotopic (exact) mass is 369 g/mol. The Morgan fingerprint density at radius 3 is 1.35 bits per heavy atom. The smallest absolute Gasteiger partial charge is 0.134 e. The number of rotatable bonds is 14. The van der Waals surface area contributed by atoms with Crippen LogP contribution in [0.25, 0.3) is 0 Å². The van der Waals surface area contributed by atoms with Gasteiger partial charge in [-0.3, -0.25) is 0 Å². The van der Waals surface area contributed by atoms with Crippen LogP contribution >= 0.6 is 15.9 Å². The van der Waals surface area contributed by atoms with Gasteiger partial charge < -0.3 is 16.9 Å². The summed E-state index contributed by atoms with van der Waals surface area (Å²) in [6.45, 7) is 7.28. The van der Waals surface area contributed by atoms with Crippen LogP contribution in [-0.4, -0.2) is 30.1 Å². The molecule has 0 aliphatic rings. The number of quaternary nitrogens is 1. The van der Waals surface area contributed by atoms with Gasteiger partial charge in [-0.05, 0) is 41.6 Å². The zero-order valence-corrected chi connectivity index (χ0v) is 16.4. The van der Waals surface area contributed by atoms with Crippen molar-refractivity contribution in [3.63, 3.8) is 0 Å². The van der Waals surface area contributed by atoms with Gasteiger partial charge in [0.1, 0.15) is 5.45 Å². The summed E-state index contributed by atoms with van der Waals surface area (Å²) in [7, 11) is 2.42. The van der Waals surface area contributed by atoms with Gasteiger partial charge in [-0.15, -0.1) is 0 Å². The third-order valence-corrected chi connectivity index (χ3v) is 5.35. The molecule has 0 rings (SSSR count). The molecular formula is C17H37BrClN. The van der Waals surface area contributed by atoms with Crippen molar-refractivity contribution in [3.8, 4) is 0 Å². The summed E-state index contributed by atoms with van der Waals surface area (Å²) >= 11 is 3.72. The van der Waals surface area contributed by atoms with Crippen molar-refractivity contribution in [1.29, 1.82) is 0 Å². The van der Waals surface area contributed by atoms with Crippen LogP contribution in [0.1, 0.15) is 84.5 Å². The van der Waals surface area contributed by atoms with Crippen LogP contribution in [0.4, 0.5) is 0 Å². The molecule has 0 aromatic rings. The molecule has 124 valence electrons. The zero-order chi connectivity index (χ0) is 14.4. The largest absolute Gasteiger partial charge is 1.00 e. The fraction of sp³-hybridized carbons (Fsp3) is 1.00. The van der Waals surface area contributed by atoms with E-state index in [1.807, 2.05) is 0 Å². The molecule has 0 N–H and O–H groups in total. The lowest BCUT2D eigenvalue weighted by atomic mass is 10.1. The Labute approximate surface area is 143 Å². The maximum Gasteiger partial charge on any atom is 0.134 e.